The Morgan fingerprint density at radius 3 is 2.19 bits per heavy atom. The monoisotopic (exact) mass is 663 g/mol. The molecule has 0 aromatic heterocycles. The predicted molar refractivity (Wildman–Crippen MR) is 192 cm³/mol. The fourth-order valence-electron chi connectivity index (χ4n) is 8.59. The van der Waals surface area contributed by atoms with Crippen LogP contribution in [-0.2, 0) is 20.9 Å². The van der Waals surface area contributed by atoms with E-state index < -0.39 is 28.7 Å². The number of carbonyl (C=O) groups excluding carboxylic acids is 3. The van der Waals surface area contributed by atoms with Crippen molar-refractivity contribution >= 4 is 35.2 Å². The maximum atomic E-state index is 15.4. The number of thioether (sulfide) groups is 1. The largest absolute Gasteiger partial charge is 0.394 e. The number of para-hydroxylation sites is 1. The lowest BCUT2D eigenvalue weighted by molar-refractivity contribution is -0.146. The average Bonchev–Trinajstić information content (AvgIpc) is 3.68. The van der Waals surface area contributed by atoms with E-state index in [-0.39, 0.29) is 42.0 Å². The van der Waals surface area contributed by atoms with Crippen LogP contribution >= 0.6 is 11.8 Å². The molecule has 1 spiro atoms. The number of aryl methyl sites for hydroxylation is 2. The van der Waals surface area contributed by atoms with Gasteiger partial charge in [0.05, 0.1) is 29.2 Å². The van der Waals surface area contributed by atoms with E-state index in [2.05, 4.69) is 20.1 Å². The standard InChI is InChI=1S/C40H45N3O4S/c1-6-21-41(24-29-17-10-8-11-18-29)37(45)33-32-23-28(5)40(48-32)34(33)38(46)43(31(25-44)30-19-12-9-13-20-30)36(40)39(47)42(22-7-2)35-26(3)15-14-16-27(35)4/h6-20,28,31-34,36,44H,1-2,21-25H2,3-5H3/t28?,31-,32-,33+,34+,36?,40?/m1/s1. The zero-order valence-corrected chi connectivity index (χ0v) is 28.8. The van der Waals surface area contributed by atoms with Gasteiger partial charge in [-0.25, -0.2) is 0 Å². The first-order valence-electron chi connectivity index (χ1n) is 16.8. The van der Waals surface area contributed by atoms with Gasteiger partial charge in [-0.3, -0.25) is 14.4 Å². The van der Waals surface area contributed by atoms with Crippen molar-refractivity contribution in [2.75, 3.05) is 24.6 Å². The van der Waals surface area contributed by atoms with E-state index in [1.54, 1.807) is 38.6 Å². The molecule has 0 aliphatic carbocycles. The van der Waals surface area contributed by atoms with Crippen LogP contribution < -0.4 is 4.90 Å². The summed E-state index contributed by atoms with van der Waals surface area (Å²) in [7, 11) is 0. The van der Waals surface area contributed by atoms with Crippen LogP contribution in [0.5, 0.6) is 0 Å². The van der Waals surface area contributed by atoms with Crippen molar-refractivity contribution in [3.8, 4) is 0 Å². The van der Waals surface area contributed by atoms with Crippen molar-refractivity contribution in [2.24, 2.45) is 17.8 Å². The van der Waals surface area contributed by atoms with Crippen molar-refractivity contribution in [3.63, 3.8) is 0 Å². The van der Waals surface area contributed by atoms with Gasteiger partial charge in [-0.1, -0.05) is 97.9 Å². The first kappa shape index (κ1) is 33.7. The molecule has 3 aromatic carbocycles. The van der Waals surface area contributed by atoms with E-state index in [1.807, 2.05) is 92.7 Å². The van der Waals surface area contributed by atoms with Gasteiger partial charge in [0, 0.05) is 30.6 Å². The van der Waals surface area contributed by atoms with Crippen LogP contribution in [0, 0.1) is 31.6 Å². The quantitative estimate of drug-likeness (QED) is 0.237. The highest BCUT2D eigenvalue weighted by atomic mass is 32.2. The number of aliphatic hydroxyl groups excluding tert-OH is 1. The number of hydrogen-bond acceptors (Lipinski definition) is 5. The molecule has 3 unspecified atom stereocenters. The summed E-state index contributed by atoms with van der Waals surface area (Å²) in [5.41, 5.74) is 4.44. The lowest BCUT2D eigenvalue weighted by atomic mass is 9.65. The summed E-state index contributed by atoms with van der Waals surface area (Å²) in [6.07, 6.45) is 4.16. The number of nitrogens with zero attached hydrogens (tertiary/aromatic N) is 3. The SMILES string of the molecule is C=CCN(Cc1ccccc1)C(=O)[C@@H]1[C@H]2C(=O)N([C@H](CO)c3ccccc3)C(C(=O)N(CC=C)c3c(C)cccc3C)C23S[C@@H]1CC3C. The molecule has 2 bridgehead atoms. The predicted octanol–water partition coefficient (Wildman–Crippen LogP) is 6.11. The normalized spacial score (nSPS) is 26.2. The Balaban J connectivity index is 1.49. The van der Waals surface area contributed by atoms with E-state index in [9.17, 15) is 9.90 Å². The second-order valence-electron chi connectivity index (χ2n) is 13.4. The van der Waals surface area contributed by atoms with Gasteiger partial charge in [-0.2, -0.15) is 0 Å². The van der Waals surface area contributed by atoms with Gasteiger partial charge in [0.25, 0.3) is 5.91 Å². The Kier molecular flexibility index (Phi) is 9.68. The number of anilines is 1. The molecule has 0 radical (unpaired) electrons. The number of fused-ring (bicyclic) bond motifs is 1. The van der Waals surface area contributed by atoms with Crippen LogP contribution in [0.25, 0.3) is 0 Å². The molecule has 0 saturated carbocycles. The highest BCUT2D eigenvalue weighted by Gasteiger charge is 2.77. The summed E-state index contributed by atoms with van der Waals surface area (Å²) in [5.74, 6) is -1.89. The molecular formula is C40H45N3O4S. The topological polar surface area (TPSA) is 81.2 Å². The van der Waals surface area contributed by atoms with Crippen LogP contribution in [0.2, 0.25) is 0 Å². The highest BCUT2D eigenvalue weighted by molar-refractivity contribution is 8.02. The van der Waals surface area contributed by atoms with E-state index in [0.717, 1.165) is 34.4 Å². The van der Waals surface area contributed by atoms with Gasteiger partial charge < -0.3 is 19.8 Å². The number of carbonyl (C=O) groups is 3. The lowest BCUT2D eigenvalue weighted by Gasteiger charge is -2.42. The highest BCUT2D eigenvalue weighted by Crippen LogP contribution is 2.69. The Morgan fingerprint density at radius 1 is 0.958 bits per heavy atom. The number of aliphatic hydroxyl groups is 1. The van der Waals surface area contributed by atoms with Gasteiger partial charge in [0.2, 0.25) is 11.8 Å². The Bertz CT molecular complexity index is 1680. The molecule has 1 N–H and O–H groups in total. The minimum atomic E-state index is -0.906. The zero-order chi connectivity index (χ0) is 34.2. The summed E-state index contributed by atoms with van der Waals surface area (Å²) in [5, 5.41) is 10.9. The van der Waals surface area contributed by atoms with E-state index in [4.69, 9.17) is 0 Å². The molecule has 7 nitrogen and oxygen atoms in total. The lowest BCUT2D eigenvalue weighted by Crippen LogP contribution is -2.58. The van der Waals surface area contributed by atoms with E-state index in [1.165, 1.54) is 0 Å². The molecule has 3 amide bonds. The number of benzene rings is 3. The maximum Gasteiger partial charge on any atom is 0.251 e. The van der Waals surface area contributed by atoms with E-state index in [0.29, 0.717) is 13.1 Å². The molecule has 3 aromatic rings. The van der Waals surface area contributed by atoms with Crippen LogP contribution in [0.1, 0.15) is 41.6 Å². The third-order valence-corrected chi connectivity index (χ3v) is 12.6. The molecule has 3 fully saturated rings. The van der Waals surface area contributed by atoms with E-state index >= 15 is 9.59 Å². The second-order valence-corrected chi connectivity index (χ2v) is 14.9. The van der Waals surface area contributed by atoms with Crippen molar-refractivity contribution < 1.29 is 19.5 Å². The van der Waals surface area contributed by atoms with Gasteiger partial charge >= 0.3 is 0 Å². The molecule has 3 aliphatic rings. The van der Waals surface area contributed by atoms with Crippen LogP contribution in [0.4, 0.5) is 5.69 Å². The van der Waals surface area contributed by atoms with Gasteiger partial charge in [0.1, 0.15) is 6.04 Å². The fourth-order valence-corrected chi connectivity index (χ4v) is 11.0. The van der Waals surface area contributed by atoms with Crippen molar-refractivity contribution in [1.82, 2.24) is 9.80 Å². The van der Waals surface area contributed by atoms with Crippen LogP contribution in [-0.4, -0.2) is 68.4 Å². The van der Waals surface area contributed by atoms with Crippen molar-refractivity contribution in [3.05, 3.63) is 126 Å². The molecule has 250 valence electrons. The zero-order valence-electron chi connectivity index (χ0n) is 28.0. The van der Waals surface area contributed by atoms with Crippen LogP contribution in [0.3, 0.4) is 0 Å². The van der Waals surface area contributed by atoms with Crippen LogP contribution in [0.15, 0.2) is 104 Å². The Hall–Kier alpha value is -4.14. The molecule has 7 atom stereocenters. The summed E-state index contributed by atoms with van der Waals surface area (Å²) >= 11 is 1.65. The molecule has 3 aliphatic heterocycles. The van der Waals surface area contributed by atoms with Crippen molar-refractivity contribution in [2.45, 2.75) is 55.8 Å². The molecule has 3 saturated heterocycles. The molecule has 3 heterocycles. The fraction of sp³-hybridized carbons (Fsp3) is 0.375. The third-order valence-electron chi connectivity index (χ3n) is 10.6. The molecular weight excluding hydrogens is 619 g/mol. The summed E-state index contributed by atoms with van der Waals surface area (Å²) < 4.78 is -0.857. The second kappa shape index (κ2) is 13.8. The van der Waals surface area contributed by atoms with Gasteiger partial charge in [0.15, 0.2) is 0 Å². The van der Waals surface area contributed by atoms with Gasteiger partial charge in [-0.15, -0.1) is 24.9 Å². The number of hydrogen-bond donors (Lipinski definition) is 1. The molecule has 6 rings (SSSR count). The number of rotatable bonds is 12. The summed E-state index contributed by atoms with van der Waals surface area (Å²) in [6, 6.07) is 23.5. The molecule has 48 heavy (non-hydrogen) atoms. The minimum absolute atomic E-state index is 0.0231. The summed E-state index contributed by atoms with van der Waals surface area (Å²) in [4.78, 5) is 50.4. The minimum Gasteiger partial charge on any atom is -0.394 e. The Labute approximate surface area is 288 Å². The van der Waals surface area contributed by atoms with Gasteiger partial charge in [-0.05, 0) is 48.4 Å². The smallest absolute Gasteiger partial charge is 0.251 e. The summed E-state index contributed by atoms with van der Waals surface area (Å²) in [6.45, 7) is 14.7. The Morgan fingerprint density at radius 2 is 1.58 bits per heavy atom. The first-order chi connectivity index (χ1) is 23.2. The third kappa shape index (κ3) is 5.49. The number of likely N-dealkylation sites (tertiary alicyclic amines) is 1. The number of amides is 3. The maximum absolute atomic E-state index is 15.4. The first-order valence-corrected chi connectivity index (χ1v) is 17.6. The average molecular weight is 664 g/mol. The molecule has 8 heteroatoms. The van der Waals surface area contributed by atoms with Crippen molar-refractivity contribution in [1.29, 1.82) is 0 Å².